The zero-order valence-electron chi connectivity index (χ0n) is 8.62. The zero-order chi connectivity index (χ0) is 12.0. The number of hydrogen-bond acceptors (Lipinski definition) is 1. The molecule has 0 saturated carbocycles. The fraction of sp³-hybridized carbons (Fsp3) is 0.250. The van der Waals surface area contributed by atoms with Crippen molar-refractivity contribution in [2.45, 2.75) is 12.8 Å². The van der Waals surface area contributed by atoms with Crippen LogP contribution in [0.3, 0.4) is 0 Å². The summed E-state index contributed by atoms with van der Waals surface area (Å²) in [6.45, 7) is 0. The predicted octanol–water partition coefficient (Wildman–Crippen LogP) is 3.09. The van der Waals surface area contributed by atoms with Gasteiger partial charge in [-0.05, 0) is 23.6 Å². The Hall–Kier alpha value is -1.35. The van der Waals surface area contributed by atoms with Gasteiger partial charge in [0.05, 0.1) is 6.42 Å². The summed E-state index contributed by atoms with van der Waals surface area (Å²) in [5, 5.41) is 8.54. The van der Waals surface area contributed by atoms with Gasteiger partial charge in [0.2, 0.25) is 0 Å². The Bertz CT molecular complexity index is 402. The zero-order valence-corrected chi connectivity index (χ0v) is 9.38. The second-order valence-corrected chi connectivity index (χ2v) is 3.68. The smallest absolute Gasteiger partial charge is 0.307 e. The van der Waals surface area contributed by atoms with Crippen LogP contribution in [0.5, 0.6) is 0 Å². The Morgan fingerprint density at radius 2 is 2.25 bits per heavy atom. The van der Waals surface area contributed by atoms with E-state index in [0.29, 0.717) is 11.4 Å². The van der Waals surface area contributed by atoms with Crippen LogP contribution in [0.25, 0.3) is 6.08 Å². The Labute approximate surface area is 98.4 Å². The summed E-state index contributed by atoms with van der Waals surface area (Å²) in [7, 11) is 0. The average molecular weight is 243 g/mol. The number of carbonyl (C=O) groups is 1. The lowest BCUT2D eigenvalue weighted by Gasteiger charge is -2.01. The van der Waals surface area contributed by atoms with Gasteiger partial charge in [-0.3, -0.25) is 4.79 Å². The van der Waals surface area contributed by atoms with Crippen LogP contribution in [0, 0.1) is 5.82 Å². The molecule has 1 rings (SSSR count). The molecule has 2 nitrogen and oxygen atoms in total. The van der Waals surface area contributed by atoms with Crippen LogP contribution in [0.2, 0.25) is 0 Å². The topological polar surface area (TPSA) is 37.3 Å². The molecule has 0 atom stereocenters. The van der Waals surface area contributed by atoms with Crippen molar-refractivity contribution in [2.75, 3.05) is 5.88 Å². The lowest BCUT2D eigenvalue weighted by molar-refractivity contribution is -0.136. The van der Waals surface area contributed by atoms with Crippen LogP contribution in [0.1, 0.15) is 17.5 Å². The molecule has 0 amide bonds. The SMILES string of the molecule is O=C(O)Cc1ccc(C=CCCCl)cc1F. The minimum absolute atomic E-state index is 0.196. The number of allylic oxidation sites excluding steroid dienone is 1. The first-order valence-corrected chi connectivity index (χ1v) is 5.39. The minimum atomic E-state index is -1.04. The van der Waals surface area contributed by atoms with Crippen LogP contribution in [-0.4, -0.2) is 17.0 Å². The van der Waals surface area contributed by atoms with Crippen molar-refractivity contribution in [1.82, 2.24) is 0 Å². The predicted molar refractivity (Wildman–Crippen MR) is 62.1 cm³/mol. The van der Waals surface area contributed by atoms with Gasteiger partial charge in [-0.1, -0.05) is 24.3 Å². The average Bonchev–Trinajstić information content (AvgIpc) is 2.22. The molecular weight excluding hydrogens is 231 g/mol. The second-order valence-electron chi connectivity index (χ2n) is 3.30. The third kappa shape index (κ3) is 4.03. The van der Waals surface area contributed by atoms with E-state index in [0.717, 1.165) is 6.42 Å². The molecule has 0 aliphatic carbocycles. The van der Waals surface area contributed by atoms with E-state index < -0.39 is 11.8 Å². The normalized spacial score (nSPS) is 10.9. The molecule has 0 fully saturated rings. The lowest BCUT2D eigenvalue weighted by Crippen LogP contribution is -2.02. The fourth-order valence-electron chi connectivity index (χ4n) is 1.26. The highest BCUT2D eigenvalue weighted by Gasteiger charge is 2.06. The third-order valence-corrected chi connectivity index (χ3v) is 2.22. The van der Waals surface area contributed by atoms with Gasteiger partial charge in [0.15, 0.2) is 0 Å². The van der Waals surface area contributed by atoms with Gasteiger partial charge in [-0.2, -0.15) is 0 Å². The van der Waals surface area contributed by atoms with E-state index in [1.165, 1.54) is 12.1 Å². The molecule has 0 bridgehead atoms. The molecule has 0 saturated heterocycles. The monoisotopic (exact) mass is 242 g/mol. The Morgan fingerprint density at radius 1 is 1.50 bits per heavy atom. The molecule has 16 heavy (non-hydrogen) atoms. The number of carboxylic acids is 1. The highest BCUT2D eigenvalue weighted by Crippen LogP contribution is 2.12. The summed E-state index contributed by atoms with van der Waals surface area (Å²) in [5.74, 6) is -1.00. The van der Waals surface area contributed by atoms with Crippen molar-refractivity contribution in [3.8, 4) is 0 Å². The Balaban J connectivity index is 2.78. The van der Waals surface area contributed by atoms with Crippen LogP contribution >= 0.6 is 11.6 Å². The van der Waals surface area contributed by atoms with Gasteiger partial charge in [-0.15, -0.1) is 11.6 Å². The summed E-state index contributed by atoms with van der Waals surface area (Å²) in [5.41, 5.74) is 0.902. The number of rotatable bonds is 5. The summed E-state index contributed by atoms with van der Waals surface area (Å²) < 4.78 is 13.4. The molecule has 0 unspecified atom stereocenters. The van der Waals surface area contributed by atoms with Crippen molar-refractivity contribution in [3.63, 3.8) is 0 Å². The van der Waals surface area contributed by atoms with Gasteiger partial charge in [0.25, 0.3) is 0 Å². The van der Waals surface area contributed by atoms with E-state index in [1.807, 2.05) is 6.08 Å². The van der Waals surface area contributed by atoms with E-state index in [-0.39, 0.29) is 12.0 Å². The molecule has 0 aromatic heterocycles. The lowest BCUT2D eigenvalue weighted by atomic mass is 10.1. The Morgan fingerprint density at radius 3 is 2.81 bits per heavy atom. The first-order valence-electron chi connectivity index (χ1n) is 4.86. The maximum absolute atomic E-state index is 13.4. The van der Waals surface area contributed by atoms with Crippen molar-refractivity contribution >= 4 is 23.6 Å². The van der Waals surface area contributed by atoms with Crippen molar-refractivity contribution in [1.29, 1.82) is 0 Å². The summed E-state index contributed by atoms with van der Waals surface area (Å²) in [6, 6.07) is 4.50. The van der Waals surface area contributed by atoms with Crippen molar-refractivity contribution in [2.24, 2.45) is 0 Å². The van der Waals surface area contributed by atoms with Gasteiger partial charge >= 0.3 is 5.97 Å². The maximum Gasteiger partial charge on any atom is 0.307 e. The number of hydrogen-bond donors (Lipinski definition) is 1. The van der Waals surface area contributed by atoms with Crippen molar-refractivity contribution in [3.05, 3.63) is 41.2 Å². The van der Waals surface area contributed by atoms with E-state index >= 15 is 0 Å². The van der Waals surface area contributed by atoms with E-state index in [4.69, 9.17) is 16.7 Å². The number of benzene rings is 1. The summed E-state index contributed by atoms with van der Waals surface area (Å²) in [4.78, 5) is 10.4. The quantitative estimate of drug-likeness (QED) is 0.806. The molecule has 0 heterocycles. The molecule has 0 spiro atoms. The first-order chi connectivity index (χ1) is 7.63. The Kier molecular flexibility index (Phi) is 4.99. The molecule has 1 N–H and O–H groups in total. The summed E-state index contributed by atoms with van der Waals surface area (Å²) in [6.07, 6.45) is 4.03. The maximum atomic E-state index is 13.4. The molecule has 0 aliphatic rings. The molecule has 0 aliphatic heterocycles. The van der Waals surface area contributed by atoms with E-state index in [2.05, 4.69) is 0 Å². The van der Waals surface area contributed by atoms with Crippen LogP contribution in [-0.2, 0) is 11.2 Å². The standard InChI is InChI=1S/C12H12ClFO2/c13-6-2-1-3-9-4-5-10(8-12(15)16)11(14)7-9/h1,3-5,7H,2,6,8H2,(H,15,16). The second kappa shape index (κ2) is 6.28. The summed E-state index contributed by atoms with van der Waals surface area (Å²) >= 11 is 5.49. The van der Waals surface area contributed by atoms with E-state index in [9.17, 15) is 9.18 Å². The van der Waals surface area contributed by atoms with Crippen LogP contribution < -0.4 is 0 Å². The van der Waals surface area contributed by atoms with Gasteiger partial charge in [0, 0.05) is 5.88 Å². The molecule has 1 aromatic carbocycles. The van der Waals surface area contributed by atoms with Gasteiger partial charge in [0.1, 0.15) is 5.82 Å². The number of alkyl halides is 1. The van der Waals surface area contributed by atoms with E-state index in [1.54, 1.807) is 12.1 Å². The molecule has 0 radical (unpaired) electrons. The van der Waals surface area contributed by atoms with Crippen LogP contribution in [0.4, 0.5) is 4.39 Å². The largest absolute Gasteiger partial charge is 0.481 e. The molecule has 1 aromatic rings. The van der Waals surface area contributed by atoms with Crippen LogP contribution in [0.15, 0.2) is 24.3 Å². The number of halogens is 2. The molecule has 86 valence electrons. The minimum Gasteiger partial charge on any atom is -0.481 e. The number of carboxylic acid groups (broad SMARTS) is 1. The fourth-order valence-corrected chi connectivity index (χ4v) is 1.38. The highest BCUT2D eigenvalue weighted by atomic mass is 35.5. The number of aliphatic carboxylic acids is 1. The molecule has 4 heteroatoms. The van der Waals surface area contributed by atoms with Gasteiger partial charge in [-0.25, -0.2) is 4.39 Å². The van der Waals surface area contributed by atoms with Crippen molar-refractivity contribution < 1.29 is 14.3 Å². The third-order valence-electron chi connectivity index (χ3n) is 2.00. The molecular formula is C12H12ClFO2. The first kappa shape index (κ1) is 12.7. The highest BCUT2D eigenvalue weighted by molar-refractivity contribution is 6.17. The van der Waals surface area contributed by atoms with Gasteiger partial charge < -0.3 is 5.11 Å².